The molecule has 1 saturated heterocycles. The van der Waals surface area contributed by atoms with Crippen molar-refractivity contribution in [2.75, 3.05) is 19.6 Å². The predicted octanol–water partition coefficient (Wildman–Crippen LogP) is 4.13. The molecule has 2 aromatic carbocycles. The van der Waals surface area contributed by atoms with Gasteiger partial charge in [-0.3, -0.25) is 18.9 Å². The zero-order valence-corrected chi connectivity index (χ0v) is 22.8. The second-order valence-electron chi connectivity index (χ2n) is 9.56. The van der Waals surface area contributed by atoms with E-state index in [1.165, 1.54) is 42.0 Å². The molecule has 1 unspecified atom stereocenters. The third-order valence-electron chi connectivity index (χ3n) is 6.37. The van der Waals surface area contributed by atoms with E-state index in [1.807, 2.05) is 0 Å². The van der Waals surface area contributed by atoms with Crippen LogP contribution in [0.1, 0.15) is 29.3 Å². The fourth-order valence-electron chi connectivity index (χ4n) is 4.50. The Balaban J connectivity index is 1.54. The monoisotopic (exact) mass is 581 g/mol. The molecule has 1 aliphatic heterocycles. The molecule has 0 bridgehead atoms. The predicted molar refractivity (Wildman–Crippen MR) is 141 cm³/mol. The van der Waals surface area contributed by atoms with Gasteiger partial charge in [0.05, 0.1) is 17.1 Å². The molecule has 1 fully saturated rings. The summed E-state index contributed by atoms with van der Waals surface area (Å²) in [5.41, 5.74) is 0.941. The highest BCUT2D eigenvalue weighted by Crippen LogP contribution is 2.36. The van der Waals surface area contributed by atoms with Gasteiger partial charge in [0, 0.05) is 48.4 Å². The number of nitrogens with zero attached hydrogens (tertiary/aromatic N) is 2. The average molecular weight is 582 g/mol. The highest BCUT2D eigenvalue weighted by Gasteiger charge is 2.39. The fourth-order valence-corrected chi connectivity index (χ4v) is 5.08. The van der Waals surface area contributed by atoms with E-state index < -0.39 is 43.6 Å². The Morgan fingerprint density at radius 3 is 2.69 bits per heavy atom. The van der Waals surface area contributed by atoms with Crippen LogP contribution in [-0.2, 0) is 27.2 Å². The molecule has 0 spiro atoms. The van der Waals surface area contributed by atoms with Gasteiger partial charge in [0.1, 0.15) is 30.3 Å². The summed E-state index contributed by atoms with van der Waals surface area (Å²) in [5, 5.41) is 2.99. The summed E-state index contributed by atoms with van der Waals surface area (Å²) >= 11 is 5.78. The highest BCUT2D eigenvalue weighted by molar-refractivity contribution is 7.56. The van der Waals surface area contributed by atoms with Crippen LogP contribution in [0.2, 0.25) is 5.02 Å². The Hall–Kier alpha value is -3.27. The van der Waals surface area contributed by atoms with Gasteiger partial charge >= 0.3 is 0 Å². The van der Waals surface area contributed by atoms with E-state index in [9.17, 15) is 32.6 Å². The summed E-state index contributed by atoms with van der Waals surface area (Å²) in [5.74, 6) is -1.85. The molecule has 0 saturated carbocycles. The van der Waals surface area contributed by atoms with Gasteiger partial charge in [-0.25, -0.2) is 8.78 Å². The number of amides is 2. The van der Waals surface area contributed by atoms with Crippen LogP contribution in [0.25, 0.3) is 10.9 Å². The summed E-state index contributed by atoms with van der Waals surface area (Å²) < 4.78 is 47.1. The molecule has 3 aromatic rings. The lowest BCUT2D eigenvalue weighted by Crippen LogP contribution is -2.46. The molecular formula is C26H27ClF2N3O6P. The lowest BCUT2D eigenvalue weighted by atomic mass is 10.1. The third kappa shape index (κ3) is 6.66. The molecule has 208 valence electrons. The molecule has 2 N–H and O–H groups in total. The quantitative estimate of drug-likeness (QED) is 0.290. The second-order valence-corrected chi connectivity index (χ2v) is 12.3. The van der Waals surface area contributed by atoms with E-state index in [4.69, 9.17) is 16.3 Å². The van der Waals surface area contributed by atoms with Crippen LogP contribution >= 0.6 is 19.0 Å². The molecule has 13 heteroatoms. The van der Waals surface area contributed by atoms with E-state index in [2.05, 4.69) is 5.32 Å². The minimum absolute atomic E-state index is 0.0965. The van der Waals surface area contributed by atoms with Crippen LogP contribution in [0, 0.1) is 5.82 Å². The first-order valence-corrected chi connectivity index (χ1v) is 14.7. The van der Waals surface area contributed by atoms with Crippen molar-refractivity contribution >= 4 is 47.5 Å². The Morgan fingerprint density at radius 1 is 1.26 bits per heavy atom. The summed E-state index contributed by atoms with van der Waals surface area (Å²) in [4.78, 5) is 49.1. The Bertz CT molecular complexity index is 1490. The molecule has 0 aliphatic carbocycles. The van der Waals surface area contributed by atoms with E-state index in [-0.39, 0.29) is 48.2 Å². The number of ketones is 1. The number of likely N-dealkylation sites (tertiary alicyclic amines) is 1. The van der Waals surface area contributed by atoms with E-state index >= 15 is 0 Å². The minimum Gasteiger partial charge on any atom is -0.483 e. The van der Waals surface area contributed by atoms with Crippen LogP contribution in [0.4, 0.5) is 8.78 Å². The number of nitrogens with one attached hydrogen (secondary N) is 1. The lowest BCUT2D eigenvalue weighted by molar-refractivity contribution is -0.139. The van der Waals surface area contributed by atoms with Gasteiger partial charge in [0.25, 0.3) is 0 Å². The van der Waals surface area contributed by atoms with E-state index in [0.717, 1.165) is 11.6 Å². The number of aromatic nitrogens is 1. The number of rotatable bonds is 9. The fraction of sp³-hybridized carbons (Fsp3) is 0.346. The molecule has 9 nitrogen and oxygen atoms in total. The van der Waals surface area contributed by atoms with Gasteiger partial charge in [-0.05, 0) is 25.1 Å². The number of Topliss-reactive ketones (excluding diaryl/α,β-unsaturated/α-hetero) is 1. The summed E-state index contributed by atoms with van der Waals surface area (Å²) in [7, 11) is -3.45. The molecule has 4 rings (SSSR count). The Kier molecular flexibility index (Phi) is 8.44. The smallest absolute Gasteiger partial charge is 0.243 e. The number of alkyl halides is 1. The van der Waals surface area contributed by atoms with Gasteiger partial charge < -0.3 is 24.4 Å². The molecule has 3 atom stereocenters. The van der Waals surface area contributed by atoms with Crippen molar-refractivity contribution in [2.24, 2.45) is 0 Å². The summed E-state index contributed by atoms with van der Waals surface area (Å²) in [6.07, 6.45) is -0.563. The van der Waals surface area contributed by atoms with Gasteiger partial charge in [-0.15, -0.1) is 0 Å². The number of hydrogen-bond acceptors (Lipinski definition) is 5. The average Bonchev–Trinajstić information content (AvgIpc) is 3.43. The zero-order chi connectivity index (χ0) is 28.5. The van der Waals surface area contributed by atoms with Crippen molar-refractivity contribution in [3.05, 3.63) is 64.6 Å². The minimum atomic E-state index is -3.45. The Labute approximate surface area is 228 Å². The summed E-state index contributed by atoms with van der Waals surface area (Å²) in [6, 6.07) is 7.96. The molecular weight excluding hydrogens is 555 g/mol. The normalized spacial score (nSPS) is 18.7. The van der Waals surface area contributed by atoms with Gasteiger partial charge in [-0.2, -0.15) is 0 Å². The highest BCUT2D eigenvalue weighted by atomic mass is 35.5. The first-order chi connectivity index (χ1) is 18.3. The van der Waals surface area contributed by atoms with Gasteiger partial charge in [0.2, 0.25) is 19.2 Å². The molecule has 2 amide bonds. The number of fused-ring (bicyclic) bond motifs is 1. The van der Waals surface area contributed by atoms with Crippen molar-refractivity contribution in [1.82, 2.24) is 14.8 Å². The van der Waals surface area contributed by atoms with Crippen LogP contribution in [-0.4, -0.2) is 63.7 Å². The maximum Gasteiger partial charge on any atom is 0.243 e. The van der Waals surface area contributed by atoms with E-state index in [1.54, 1.807) is 12.1 Å². The van der Waals surface area contributed by atoms with Crippen molar-refractivity contribution in [3.8, 4) is 5.75 Å². The summed E-state index contributed by atoms with van der Waals surface area (Å²) in [6.45, 7) is 1.75. The third-order valence-corrected chi connectivity index (χ3v) is 7.27. The maximum absolute atomic E-state index is 14.4. The SMILES string of the molecule is CC(=O)c1cn(CC(=O)N2C[C@H](F)C[C@H]2C(=O)NCc2cccc(Cl)c2F)c2cc(OCP(C)(=O)O)ccc12. The zero-order valence-electron chi connectivity index (χ0n) is 21.2. The first-order valence-electron chi connectivity index (χ1n) is 12.0. The van der Waals surface area contributed by atoms with Crippen molar-refractivity contribution in [1.29, 1.82) is 0 Å². The van der Waals surface area contributed by atoms with Crippen LogP contribution in [0.3, 0.4) is 0 Å². The van der Waals surface area contributed by atoms with Crippen molar-refractivity contribution < 1.29 is 37.4 Å². The molecule has 1 aromatic heterocycles. The molecule has 39 heavy (non-hydrogen) atoms. The van der Waals surface area contributed by atoms with Crippen LogP contribution in [0.15, 0.2) is 42.6 Å². The number of hydrogen-bond donors (Lipinski definition) is 2. The van der Waals surface area contributed by atoms with E-state index in [0.29, 0.717) is 16.5 Å². The maximum atomic E-state index is 14.4. The van der Waals surface area contributed by atoms with Crippen molar-refractivity contribution in [2.45, 2.75) is 38.6 Å². The molecule has 0 radical (unpaired) electrons. The van der Waals surface area contributed by atoms with Gasteiger partial charge in [0.15, 0.2) is 12.1 Å². The Morgan fingerprint density at radius 2 is 2.00 bits per heavy atom. The van der Waals surface area contributed by atoms with Gasteiger partial charge in [-0.1, -0.05) is 23.7 Å². The second kappa shape index (κ2) is 11.5. The number of carbonyl (C=O) groups excluding carboxylic acids is 3. The largest absolute Gasteiger partial charge is 0.483 e. The van der Waals surface area contributed by atoms with Crippen LogP contribution < -0.4 is 10.1 Å². The number of benzene rings is 2. The molecule has 1 aliphatic rings. The number of carbonyl (C=O) groups is 3. The van der Waals surface area contributed by atoms with Crippen molar-refractivity contribution in [3.63, 3.8) is 0 Å². The van der Waals surface area contributed by atoms with Crippen LogP contribution in [0.5, 0.6) is 5.75 Å². The molecule has 2 heterocycles. The lowest BCUT2D eigenvalue weighted by Gasteiger charge is -2.24. The first kappa shape index (κ1) is 28.7. The standard InChI is InChI=1S/C26H27ClF2N3O6P/c1-15(33)20-12-31(22-9-18(6-7-19(20)22)38-14-39(2,36)37)13-24(34)32-11-17(28)8-23(32)26(35)30-10-16-4-3-5-21(27)25(16)29/h3-7,9,12,17,23H,8,10-11,13-14H2,1-2H3,(H,30,35)(H,36,37)/t17-,23+/m1/s1. The number of halogens is 3. The number of ether oxygens (including phenoxy) is 1. The topological polar surface area (TPSA) is 118 Å².